The zero-order chi connectivity index (χ0) is 15.3. The Morgan fingerprint density at radius 1 is 1.35 bits per heavy atom. The third-order valence-electron chi connectivity index (χ3n) is 4.12. The Labute approximate surface area is 129 Å². The summed E-state index contributed by atoms with van der Waals surface area (Å²) < 4.78 is 2.06. The third-order valence-corrected chi connectivity index (χ3v) is 4.41. The molecule has 1 heterocycles. The Morgan fingerprint density at radius 3 is 2.50 bits per heavy atom. The van der Waals surface area contributed by atoms with Gasteiger partial charge in [-0.2, -0.15) is 5.10 Å². The van der Waals surface area contributed by atoms with E-state index in [4.69, 9.17) is 11.6 Å². The first-order valence-electron chi connectivity index (χ1n) is 7.75. The number of nitrogens with zero attached hydrogens (tertiary/aromatic N) is 2. The van der Waals surface area contributed by atoms with E-state index in [0.717, 1.165) is 36.6 Å². The Bertz CT molecular complexity index is 406. The molecule has 0 spiro atoms. The summed E-state index contributed by atoms with van der Waals surface area (Å²) in [6, 6.07) is 0.274. The molecule has 20 heavy (non-hydrogen) atoms. The van der Waals surface area contributed by atoms with Crippen LogP contribution in [0.4, 0.5) is 0 Å². The lowest BCUT2D eigenvalue weighted by atomic mass is 9.78. The number of aryl methyl sites for hydroxylation is 1. The van der Waals surface area contributed by atoms with Crippen LogP contribution in [-0.2, 0) is 6.54 Å². The Hall–Kier alpha value is -0.540. The minimum absolute atomic E-state index is 0.274. The molecule has 0 aliphatic carbocycles. The summed E-state index contributed by atoms with van der Waals surface area (Å²) in [6.45, 7) is 15.4. The minimum Gasteiger partial charge on any atom is -0.309 e. The maximum Gasteiger partial charge on any atom is 0.0834 e. The van der Waals surface area contributed by atoms with Gasteiger partial charge in [-0.05, 0) is 30.7 Å². The van der Waals surface area contributed by atoms with Crippen LogP contribution in [0, 0.1) is 11.3 Å². The first-order chi connectivity index (χ1) is 9.31. The van der Waals surface area contributed by atoms with Crippen molar-refractivity contribution in [2.75, 3.05) is 6.54 Å². The van der Waals surface area contributed by atoms with Gasteiger partial charge in [-0.3, -0.25) is 4.68 Å². The first kappa shape index (κ1) is 17.5. The van der Waals surface area contributed by atoms with Gasteiger partial charge in [0.2, 0.25) is 0 Å². The van der Waals surface area contributed by atoms with Crippen LogP contribution < -0.4 is 5.32 Å². The normalized spacial score (nSPS) is 15.3. The van der Waals surface area contributed by atoms with Crippen molar-refractivity contribution in [1.82, 2.24) is 15.1 Å². The molecule has 0 saturated heterocycles. The van der Waals surface area contributed by atoms with Gasteiger partial charge >= 0.3 is 0 Å². The van der Waals surface area contributed by atoms with Crippen molar-refractivity contribution in [2.45, 2.75) is 67.0 Å². The molecule has 0 aromatic carbocycles. The van der Waals surface area contributed by atoms with E-state index in [0.29, 0.717) is 11.3 Å². The van der Waals surface area contributed by atoms with Gasteiger partial charge in [-0.25, -0.2) is 0 Å². The van der Waals surface area contributed by atoms with Crippen LogP contribution in [0.15, 0.2) is 6.20 Å². The van der Waals surface area contributed by atoms with Crippen LogP contribution in [0.1, 0.15) is 66.1 Å². The van der Waals surface area contributed by atoms with E-state index in [-0.39, 0.29) is 6.04 Å². The number of halogens is 1. The molecular formula is C16H30ClN3. The molecule has 0 saturated carbocycles. The van der Waals surface area contributed by atoms with E-state index in [1.165, 1.54) is 0 Å². The van der Waals surface area contributed by atoms with Crippen LogP contribution in [-0.4, -0.2) is 16.3 Å². The molecule has 1 aromatic rings. The van der Waals surface area contributed by atoms with Gasteiger partial charge in [0.1, 0.15) is 0 Å². The van der Waals surface area contributed by atoms with Crippen LogP contribution in [0.25, 0.3) is 0 Å². The highest BCUT2D eigenvalue weighted by Crippen LogP contribution is 2.35. The van der Waals surface area contributed by atoms with Crippen LogP contribution in [0.2, 0.25) is 5.02 Å². The van der Waals surface area contributed by atoms with Crippen molar-refractivity contribution < 1.29 is 0 Å². The first-order valence-corrected chi connectivity index (χ1v) is 8.13. The highest BCUT2D eigenvalue weighted by Gasteiger charge is 2.27. The molecule has 0 bridgehead atoms. The predicted molar refractivity (Wildman–Crippen MR) is 87.2 cm³/mol. The van der Waals surface area contributed by atoms with E-state index in [9.17, 15) is 0 Å². The van der Waals surface area contributed by atoms with Crippen molar-refractivity contribution in [3.8, 4) is 0 Å². The molecular weight excluding hydrogens is 270 g/mol. The summed E-state index contributed by atoms with van der Waals surface area (Å²) in [5.74, 6) is 0.604. The summed E-state index contributed by atoms with van der Waals surface area (Å²) in [6.07, 6.45) is 3.92. The lowest BCUT2D eigenvalue weighted by Gasteiger charge is -2.31. The number of aromatic nitrogens is 2. The zero-order valence-electron chi connectivity index (χ0n) is 13.8. The quantitative estimate of drug-likeness (QED) is 0.793. The molecule has 0 radical (unpaired) electrons. The van der Waals surface area contributed by atoms with E-state index in [2.05, 4.69) is 56.6 Å². The van der Waals surface area contributed by atoms with E-state index in [1.54, 1.807) is 6.20 Å². The average Bonchev–Trinajstić information content (AvgIpc) is 2.69. The van der Waals surface area contributed by atoms with Gasteiger partial charge in [0.25, 0.3) is 0 Å². The number of hydrogen-bond acceptors (Lipinski definition) is 2. The van der Waals surface area contributed by atoms with E-state index >= 15 is 0 Å². The summed E-state index contributed by atoms with van der Waals surface area (Å²) in [5.41, 5.74) is 1.45. The van der Waals surface area contributed by atoms with Crippen LogP contribution >= 0.6 is 11.6 Å². The topological polar surface area (TPSA) is 29.9 Å². The van der Waals surface area contributed by atoms with E-state index < -0.39 is 0 Å². The summed E-state index contributed by atoms with van der Waals surface area (Å²) in [7, 11) is 0. The molecule has 0 amide bonds. The number of rotatable bonds is 7. The Kier molecular flexibility index (Phi) is 6.53. The second-order valence-electron chi connectivity index (χ2n) is 6.71. The maximum atomic E-state index is 6.39. The molecule has 2 atom stereocenters. The molecule has 3 nitrogen and oxygen atoms in total. The molecule has 1 aromatic heterocycles. The smallest absolute Gasteiger partial charge is 0.0834 e. The average molecular weight is 300 g/mol. The highest BCUT2D eigenvalue weighted by molar-refractivity contribution is 6.31. The minimum atomic E-state index is 0.274. The molecule has 116 valence electrons. The van der Waals surface area contributed by atoms with Gasteiger partial charge in [-0.1, -0.05) is 53.1 Å². The lowest BCUT2D eigenvalue weighted by Crippen LogP contribution is -2.29. The lowest BCUT2D eigenvalue weighted by molar-refractivity contribution is 0.220. The van der Waals surface area contributed by atoms with Gasteiger partial charge in [0.15, 0.2) is 0 Å². The molecule has 1 N–H and O–H groups in total. The van der Waals surface area contributed by atoms with Crippen molar-refractivity contribution >= 4 is 11.6 Å². The van der Waals surface area contributed by atoms with Gasteiger partial charge in [0, 0.05) is 6.54 Å². The predicted octanol–water partition coefficient (Wildman–Crippen LogP) is 4.67. The Balaban J connectivity index is 2.98. The molecule has 4 heteroatoms. The molecule has 0 fully saturated rings. The molecule has 2 unspecified atom stereocenters. The SMILES string of the molecule is CCCn1ncc(Cl)c1C(CC(C)C(C)(C)C)NCC. The Morgan fingerprint density at radius 2 is 2.00 bits per heavy atom. The third kappa shape index (κ3) is 4.49. The van der Waals surface area contributed by atoms with Crippen molar-refractivity contribution in [3.63, 3.8) is 0 Å². The second kappa shape index (κ2) is 7.46. The number of nitrogens with one attached hydrogen (secondary N) is 1. The highest BCUT2D eigenvalue weighted by atomic mass is 35.5. The van der Waals surface area contributed by atoms with Crippen molar-refractivity contribution in [2.24, 2.45) is 11.3 Å². The molecule has 0 aliphatic heterocycles. The zero-order valence-corrected chi connectivity index (χ0v) is 14.6. The fraction of sp³-hybridized carbons (Fsp3) is 0.812. The van der Waals surface area contributed by atoms with E-state index in [1.807, 2.05) is 0 Å². The standard InChI is InChI=1S/C16H30ClN3/c1-7-9-20-15(13(17)11-19-20)14(18-8-2)10-12(3)16(4,5)6/h11-12,14,18H,7-10H2,1-6H3. The van der Waals surface area contributed by atoms with Gasteiger partial charge in [0.05, 0.1) is 23.0 Å². The monoisotopic (exact) mass is 299 g/mol. The fourth-order valence-electron chi connectivity index (χ4n) is 2.35. The molecule has 0 aliphatic rings. The number of hydrogen-bond donors (Lipinski definition) is 1. The van der Waals surface area contributed by atoms with Crippen molar-refractivity contribution in [3.05, 3.63) is 16.9 Å². The van der Waals surface area contributed by atoms with Crippen molar-refractivity contribution in [1.29, 1.82) is 0 Å². The second-order valence-corrected chi connectivity index (χ2v) is 7.12. The fourth-order valence-corrected chi connectivity index (χ4v) is 2.63. The largest absolute Gasteiger partial charge is 0.309 e. The van der Waals surface area contributed by atoms with Gasteiger partial charge in [-0.15, -0.1) is 0 Å². The summed E-state index contributed by atoms with van der Waals surface area (Å²) >= 11 is 6.39. The van der Waals surface area contributed by atoms with Gasteiger partial charge < -0.3 is 5.32 Å². The maximum absolute atomic E-state index is 6.39. The van der Waals surface area contributed by atoms with Crippen LogP contribution in [0.3, 0.4) is 0 Å². The molecule has 1 rings (SSSR count). The van der Waals surface area contributed by atoms with Crippen LogP contribution in [0.5, 0.6) is 0 Å². The summed E-state index contributed by atoms with van der Waals surface area (Å²) in [4.78, 5) is 0. The summed E-state index contributed by atoms with van der Waals surface area (Å²) in [5, 5.41) is 8.79.